The van der Waals surface area contributed by atoms with E-state index in [4.69, 9.17) is 0 Å². The Morgan fingerprint density at radius 2 is 2.21 bits per heavy atom. The number of nitrogens with one attached hydrogen (secondary N) is 2. The number of carbonyl (C=O) groups excluding carboxylic acids is 1. The third kappa shape index (κ3) is 0.878. The Hall–Kier alpha value is -1.84. The van der Waals surface area contributed by atoms with Crippen LogP contribution in [0, 0.1) is 0 Å². The maximum absolute atomic E-state index is 11.4. The zero-order valence-electron chi connectivity index (χ0n) is 7.50. The van der Waals surface area contributed by atoms with Crippen molar-refractivity contribution in [2.75, 3.05) is 5.32 Å². The molecule has 2 N–H and O–H groups in total. The van der Waals surface area contributed by atoms with Gasteiger partial charge in [0.2, 0.25) is 0 Å². The van der Waals surface area contributed by atoms with Gasteiger partial charge in [0.1, 0.15) is 0 Å². The van der Waals surface area contributed by atoms with Crippen molar-refractivity contribution < 1.29 is 4.79 Å². The van der Waals surface area contributed by atoms with Gasteiger partial charge in [-0.25, -0.2) is 0 Å². The van der Waals surface area contributed by atoms with E-state index in [1.54, 1.807) is 6.34 Å². The van der Waals surface area contributed by atoms with Crippen molar-refractivity contribution in [3.8, 4) is 0 Å². The zero-order valence-corrected chi connectivity index (χ0v) is 7.50. The van der Waals surface area contributed by atoms with Gasteiger partial charge in [-0.1, -0.05) is 0 Å². The van der Waals surface area contributed by atoms with Crippen LogP contribution in [0.5, 0.6) is 0 Å². The molecule has 0 saturated carbocycles. The summed E-state index contributed by atoms with van der Waals surface area (Å²) in [6.45, 7) is 1.30. The molecule has 0 aliphatic carbocycles. The van der Waals surface area contributed by atoms with Gasteiger partial charge in [-0.05, 0) is 17.7 Å². The molecule has 1 amide bonds. The molecule has 0 unspecified atom stereocenters. The second-order valence-corrected chi connectivity index (χ2v) is 3.41. The minimum Gasteiger partial charge on any atom is -0.348 e. The van der Waals surface area contributed by atoms with Gasteiger partial charge in [-0.15, -0.1) is 0 Å². The average Bonchev–Trinajstić information content (AvgIpc) is 2.61. The molecule has 4 nitrogen and oxygen atoms in total. The van der Waals surface area contributed by atoms with E-state index in [1.807, 2.05) is 12.1 Å². The van der Waals surface area contributed by atoms with E-state index in [2.05, 4.69) is 15.6 Å². The lowest BCUT2D eigenvalue weighted by atomic mass is 10.0. The maximum atomic E-state index is 11.4. The average molecular weight is 187 g/mol. The number of benzene rings is 1. The van der Waals surface area contributed by atoms with Gasteiger partial charge >= 0.3 is 0 Å². The molecular weight excluding hydrogens is 178 g/mol. The van der Waals surface area contributed by atoms with E-state index >= 15 is 0 Å². The SMILES string of the molecule is O=C1NCc2c1ccc1c2CN=CN1. The molecule has 0 bridgehead atoms. The highest BCUT2D eigenvalue weighted by molar-refractivity contribution is 6.00. The number of nitrogens with zero attached hydrogens (tertiary/aromatic N) is 1. The van der Waals surface area contributed by atoms with E-state index in [0.717, 1.165) is 22.4 Å². The molecular formula is C10H9N3O. The van der Waals surface area contributed by atoms with Gasteiger partial charge in [0.25, 0.3) is 5.91 Å². The number of rotatable bonds is 0. The monoisotopic (exact) mass is 187 g/mol. The third-order valence-electron chi connectivity index (χ3n) is 2.66. The Balaban J connectivity index is 2.22. The van der Waals surface area contributed by atoms with Gasteiger partial charge in [0.05, 0.1) is 12.9 Å². The Labute approximate surface area is 81.0 Å². The van der Waals surface area contributed by atoms with E-state index < -0.39 is 0 Å². The fourth-order valence-electron chi connectivity index (χ4n) is 1.94. The molecule has 3 rings (SSSR count). The summed E-state index contributed by atoms with van der Waals surface area (Å²) in [6.07, 6.45) is 1.69. The predicted octanol–water partition coefficient (Wildman–Crippen LogP) is 0.884. The summed E-state index contributed by atoms with van der Waals surface area (Å²) in [7, 11) is 0. The van der Waals surface area contributed by atoms with Crippen molar-refractivity contribution in [2.24, 2.45) is 4.99 Å². The molecule has 1 aromatic carbocycles. The minimum atomic E-state index is 0.0253. The van der Waals surface area contributed by atoms with Gasteiger partial charge in [-0.2, -0.15) is 0 Å². The first-order valence-corrected chi connectivity index (χ1v) is 4.54. The molecule has 0 radical (unpaired) electrons. The van der Waals surface area contributed by atoms with Crippen LogP contribution in [-0.4, -0.2) is 12.2 Å². The highest BCUT2D eigenvalue weighted by Gasteiger charge is 2.23. The summed E-state index contributed by atoms with van der Waals surface area (Å²) in [5.74, 6) is 0.0253. The van der Waals surface area contributed by atoms with Gasteiger partial charge in [0.15, 0.2) is 0 Å². The molecule has 0 spiro atoms. The first-order chi connectivity index (χ1) is 6.86. The number of anilines is 1. The van der Waals surface area contributed by atoms with Crippen molar-refractivity contribution in [3.63, 3.8) is 0 Å². The van der Waals surface area contributed by atoms with Crippen LogP contribution in [-0.2, 0) is 13.1 Å². The molecule has 4 heteroatoms. The second kappa shape index (κ2) is 2.57. The Kier molecular flexibility index (Phi) is 1.39. The summed E-state index contributed by atoms with van der Waals surface area (Å²) in [4.78, 5) is 15.5. The van der Waals surface area contributed by atoms with E-state index in [0.29, 0.717) is 13.1 Å². The number of aliphatic imine (C=N–C) groups is 1. The third-order valence-corrected chi connectivity index (χ3v) is 2.66. The lowest BCUT2D eigenvalue weighted by molar-refractivity contribution is 0.0966. The number of carbonyl (C=O) groups is 1. The largest absolute Gasteiger partial charge is 0.348 e. The Morgan fingerprint density at radius 3 is 3.14 bits per heavy atom. The minimum absolute atomic E-state index is 0.0253. The highest BCUT2D eigenvalue weighted by Crippen LogP contribution is 2.28. The van der Waals surface area contributed by atoms with Crippen molar-refractivity contribution >= 4 is 17.9 Å². The standard InChI is InChI=1S/C10H9N3O/c14-10-6-1-2-9-8(3-11-5-13-9)7(6)4-12-10/h1-2,5H,3-4H2,(H,11,13)(H,12,14). The Morgan fingerprint density at radius 1 is 1.29 bits per heavy atom. The second-order valence-electron chi connectivity index (χ2n) is 3.41. The smallest absolute Gasteiger partial charge is 0.251 e. The molecule has 1 aromatic rings. The van der Waals surface area contributed by atoms with Crippen molar-refractivity contribution in [2.45, 2.75) is 13.1 Å². The first-order valence-electron chi connectivity index (χ1n) is 4.54. The number of fused-ring (bicyclic) bond motifs is 3. The van der Waals surface area contributed by atoms with Crippen LogP contribution in [0.1, 0.15) is 21.5 Å². The molecule has 2 aliphatic rings. The fourth-order valence-corrected chi connectivity index (χ4v) is 1.94. The van der Waals surface area contributed by atoms with E-state index in [-0.39, 0.29) is 5.91 Å². The molecule has 0 saturated heterocycles. The van der Waals surface area contributed by atoms with E-state index in [1.165, 1.54) is 0 Å². The lowest BCUT2D eigenvalue weighted by Crippen LogP contribution is -2.12. The maximum Gasteiger partial charge on any atom is 0.251 e. The molecule has 2 heterocycles. The fraction of sp³-hybridized carbons (Fsp3) is 0.200. The summed E-state index contributed by atoms with van der Waals surface area (Å²) in [5.41, 5.74) is 4.10. The molecule has 0 fully saturated rings. The summed E-state index contributed by atoms with van der Waals surface area (Å²) < 4.78 is 0. The molecule has 0 atom stereocenters. The Bertz CT molecular complexity index is 451. The van der Waals surface area contributed by atoms with Crippen molar-refractivity contribution in [1.82, 2.24) is 5.32 Å². The van der Waals surface area contributed by atoms with Crippen LogP contribution < -0.4 is 10.6 Å². The normalized spacial score (nSPS) is 17.0. The molecule has 2 aliphatic heterocycles. The summed E-state index contributed by atoms with van der Waals surface area (Å²) in [5, 5.41) is 5.89. The van der Waals surface area contributed by atoms with Crippen LogP contribution in [0.15, 0.2) is 17.1 Å². The number of hydrogen-bond donors (Lipinski definition) is 2. The predicted molar refractivity (Wildman–Crippen MR) is 53.4 cm³/mol. The van der Waals surface area contributed by atoms with Gasteiger partial charge in [0, 0.05) is 23.4 Å². The van der Waals surface area contributed by atoms with Crippen LogP contribution in [0.25, 0.3) is 0 Å². The summed E-state index contributed by atoms with van der Waals surface area (Å²) >= 11 is 0. The quantitative estimate of drug-likeness (QED) is 0.633. The van der Waals surface area contributed by atoms with Gasteiger partial charge < -0.3 is 10.6 Å². The van der Waals surface area contributed by atoms with Crippen molar-refractivity contribution in [1.29, 1.82) is 0 Å². The number of hydrogen-bond acceptors (Lipinski definition) is 3. The molecule has 14 heavy (non-hydrogen) atoms. The van der Waals surface area contributed by atoms with Crippen LogP contribution in [0.2, 0.25) is 0 Å². The summed E-state index contributed by atoms with van der Waals surface area (Å²) in [6, 6.07) is 3.80. The number of amides is 1. The molecule has 70 valence electrons. The highest BCUT2D eigenvalue weighted by atomic mass is 16.1. The van der Waals surface area contributed by atoms with Crippen LogP contribution in [0.3, 0.4) is 0 Å². The topological polar surface area (TPSA) is 53.5 Å². The zero-order chi connectivity index (χ0) is 9.54. The van der Waals surface area contributed by atoms with Crippen LogP contribution >= 0.6 is 0 Å². The van der Waals surface area contributed by atoms with Crippen molar-refractivity contribution in [3.05, 3.63) is 28.8 Å². The first kappa shape index (κ1) is 7.55. The van der Waals surface area contributed by atoms with Crippen LogP contribution in [0.4, 0.5) is 5.69 Å². The lowest BCUT2D eigenvalue weighted by Gasteiger charge is -2.14. The molecule has 0 aromatic heterocycles. The van der Waals surface area contributed by atoms with Gasteiger partial charge in [-0.3, -0.25) is 9.79 Å². The van der Waals surface area contributed by atoms with E-state index in [9.17, 15) is 4.79 Å².